The van der Waals surface area contributed by atoms with Crippen molar-refractivity contribution in [3.05, 3.63) is 0 Å². The summed E-state index contributed by atoms with van der Waals surface area (Å²) in [4.78, 5) is 25.8. The van der Waals surface area contributed by atoms with E-state index in [1.54, 1.807) is 34.6 Å². The highest BCUT2D eigenvalue weighted by Gasteiger charge is 2.50. The highest BCUT2D eigenvalue weighted by molar-refractivity contribution is 7.72. The molecule has 12 nitrogen and oxygen atoms in total. The smallest absolute Gasteiger partial charge is 0.412 e. The molecule has 0 aromatic carbocycles. The van der Waals surface area contributed by atoms with Gasteiger partial charge in [-0.2, -0.15) is 0 Å². The van der Waals surface area contributed by atoms with Gasteiger partial charge < -0.3 is 36.9 Å². The third-order valence-corrected chi connectivity index (χ3v) is 17.1. The molecule has 15 heteroatoms. The number of hydrogen-bond donors (Lipinski definition) is 0. The lowest BCUT2D eigenvalue weighted by Gasteiger charge is -2.36. The second kappa shape index (κ2) is 18.7. The van der Waals surface area contributed by atoms with Crippen molar-refractivity contribution >= 4 is 35.6 Å². The fraction of sp³-hybridized carbons (Fsp3) is 0.920. The van der Waals surface area contributed by atoms with E-state index in [9.17, 15) is 18.7 Å². The Hall–Kier alpha value is -0.783. The molecule has 0 aliphatic rings. The molecule has 0 rings (SSSR count). The second-order valence-electron chi connectivity index (χ2n) is 10.4. The molecule has 0 atom stereocenters. The van der Waals surface area contributed by atoms with E-state index in [-0.39, 0.29) is 70.4 Å². The van der Waals surface area contributed by atoms with Gasteiger partial charge >= 0.3 is 27.3 Å². The highest BCUT2D eigenvalue weighted by Crippen LogP contribution is 2.71. The van der Waals surface area contributed by atoms with E-state index in [1.807, 2.05) is 0 Å². The molecule has 238 valence electrons. The van der Waals surface area contributed by atoms with Crippen LogP contribution >= 0.6 is 15.2 Å². The molecule has 0 saturated carbocycles. The quantitative estimate of drug-likeness (QED) is 0.0559. The number of nitrogens with zero attached hydrogens (tertiary/aromatic N) is 1. The standard InChI is InChI=1S/C25H53NO11P2Si/c1-11-22(27)31-21-32-24(28)26(19-20-37-40(9,10)25(6,7)8)18-16-17-23(38(29,33-12-2)34-13-3)39(30,35-14-4)36-15-5/h23H,11-21H2,1-10H3. The number of ether oxygens (including phenoxy) is 2. The summed E-state index contributed by atoms with van der Waals surface area (Å²) in [6.45, 7) is 19.3. The van der Waals surface area contributed by atoms with Crippen LogP contribution in [-0.2, 0) is 45.9 Å². The highest BCUT2D eigenvalue weighted by atomic mass is 31.2. The SMILES string of the molecule is CCOP(=O)(OCC)C(CCCN(CCO[Si](C)(C)C(C)(C)C)C(=O)OCOC(=O)CC)P(=O)(OCC)OCC. The van der Waals surface area contributed by atoms with Crippen LogP contribution in [0.2, 0.25) is 18.1 Å². The Bertz CT molecular complexity index is 801. The first kappa shape index (κ1) is 39.2. The van der Waals surface area contributed by atoms with Gasteiger partial charge in [-0.3, -0.25) is 13.9 Å². The Labute approximate surface area is 242 Å². The monoisotopic (exact) mass is 633 g/mol. The predicted molar refractivity (Wildman–Crippen MR) is 157 cm³/mol. The molecular formula is C25H53NO11P2Si. The Balaban J connectivity index is 5.85. The second-order valence-corrected chi connectivity index (χ2v) is 20.0. The number of rotatable bonds is 21. The van der Waals surface area contributed by atoms with E-state index in [0.29, 0.717) is 0 Å². The van der Waals surface area contributed by atoms with Gasteiger partial charge in [0.05, 0.1) is 33.0 Å². The fourth-order valence-corrected chi connectivity index (χ4v) is 9.85. The zero-order valence-corrected chi connectivity index (χ0v) is 29.0. The molecule has 0 aliphatic carbocycles. The van der Waals surface area contributed by atoms with Crippen molar-refractivity contribution < 1.29 is 50.7 Å². The first-order valence-corrected chi connectivity index (χ1v) is 20.2. The third-order valence-electron chi connectivity index (χ3n) is 6.44. The van der Waals surface area contributed by atoms with Crippen molar-refractivity contribution in [2.24, 2.45) is 0 Å². The van der Waals surface area contributed by atoms with Gasteiger partial charge in [-0.05, 0) is 58.7 Å². The largest absolute Gasteiger partial charge is 0.428 e. The molecule has 0 aromatic rings. The number of esters is 1. The maximum absolute atomic E-state index is 13.8. The Morgan fingerprint density at radius 3 is 1.68 bits per heavy atom. The molecule has 0 N–H and O–H groups in total. The van der Waals surface area contributed by atoms with Gasteiger partial charge in [0.2, 0.25) is 6.79 Å². The molecule has 0 spiro atoms. The normalized spacial score (nSPS) is 13.0. The number of hydrogen-bond acceptors (Lipinski definition) is 11. The molecule has 0 unspecified atom stereocenters. The van der Waals surface area contributed by atoms with Crippen LogP contribution in [0.3, 0.4) is 0 Å². The van der Waals surface area contributed by atoms with E-state index in [4.69, 9.17) is 32.0 Å². The minimum atomic E-state index is -3.91. The summed E-state index contributed by atoms with van der Waals surface area (Å²) >= 11 is 0. The summed E-state index contributed by atoms with van der Waals surface area (Å²) in [5.74, 6) is -0.492. The molecule has 0 heterocycles. The van der Waals surface area contributed by atoms with Crippen molar-refractivity contribution in [3.63, 3.8) is 0 Å². The van der Waals surface area contributed by atoms with Crippen LogP contribution in [0, 0.1) is 0 Å². The molecule has 1 amide bonds. The maximum atomic E-state index is 13.8. The van der Waals surface area contributed by atoms with Gasteiger partial charge in [-0.15, -0.1) is 0 Å². The Morgan fingerprint density at radius 2 is 1.27 bits per heavy atom. The zero-order valence-electron chi connectivity index (χ0n) is 26.2. The molecule has 40 heavy (non-hydrogen) atoms. The van der Waals surface area contributed by atoms with E-state index >= 15 is 0 Å². The summed E-state index contributed by atoms with van der Waals surface area (Å²) in [6.07, 6.45) is -0.229. The zero-order chi connectivity index (χ0) is 31.0. The fourth-order valence-electron chi connectivity index (χ4n) is 3.35. The number of carbonyl (C=O) groups is 2. The summed E-state index contributed by atoms with van der Waals surface area (Å²) in [5, 5.41) is -1.20. The van der Waals surface area contributed by atoms with Crippen molar-refractivity contribution in [1.82, 2.24) is 4.90 Å². The Morgan fingerprint density at radius 1 is 0.800 bits per heavy atom. The van der Waals surface area contributed by atoms with E-state index < -0.39 is 47.8 Å². The summed E-state index contributed by atoms with van der Waals surface area (Å²) < 4.78 is 66.0. The molecule has 0 aromatic heterocycles. The first-order chi connectivity index (χ1) is 18.6. The number of amides is 1. The average molecular weight is 634 g/mol. The minimum absolute atomic E-state index is 0.0145. The van der Waals surface area contributed by atoms with E-state index in [2.05, 4.69) is 33.9 Å². The van der Waals surface area contributed by atoms with Gasteiger partial charge in [-0.1, -0.05) is 27.7 Å². The summed E-state index contributed by atoms with van der Waals surface area (Å²) in [5.41, 5.74) is 0. The molecule has 0 bridgehead atoms. The lowest BCUT2D eigenvalue weighted by molar-refractivity contribution is -0.152. The van der Waals surface area contributed by atoms with Gasteiger partial charge in [-0.25, -0.2) is 4.79 Å². The lowest BCUT2D eigenvalue weighted by Crippen LogP contribution is -2.44. The molecule has 0 radical (unpaired) electrons. The van der Waals surface area contributed by atoms with Crippen molar-refractivity contribution in [3.8, 4) is 0 Å². The van der Waals surface area contributed by atoms with Gasteiger partial charge in [0.15, 0.2) is 13.7 Å². The topological polar surface area (TPSA) is 136 Å². The Kier molecular flexibility index (Phi) is 18.3. The summed E-state index contributed by atoms with van der Waals surface area (Å²) in [6, 6.07) is 0. The maximum Gasteiger partial charge on any atom is 0.412 e. The lowest BCUT2D eigenvalue weighted by atomic mass is 10.2. The van der Waals surface area contributed by atoms with Crippen LogP contribution in [0.15, 0.2) is 0 Å². The van der Waals surface area contributed by atoms with Gasteiger partial charge in [0, 0.05) is 19.5 Å². The van der Waals surface area contributed by atoms with Crippen LogP contribution in [0.4, 0.5) is 4.79 Å². The van der Waals surface area contributed by atoms with Gasteiger partial charge in [0.1, 0.15) is 0 Å². The third kappa shape index (κ3) is 13.0. The van der Waals surface area contributed by atoms with E-state index in [0.717, 1.165) is 0 Å². The minimum Gasteiger partial charge on any atom is -0.428 e. The van der Waals surface area contributed by atoms with Crippen LogP contribution < -0.4 is 0 Å². The average Bonchev–Trinajstić information content (AvgIpc) is 2.84. The van der Waals surface area contributed by atoms with Crippen LogP contribution in [0.25, 0.3) is 0 Å². The van der Waals surface area contributed by atoms with Crippen molar-refractivity contribution in [2.45, 2.75) is 98.2 Å². The molecule has 0 saturated heterocycles. The number of carbonyl (C=O) groups excluding carboxylic acids is 2. The van der Waals surface area contributed by atoms with Crippen molar-refractivity contribution in [2.75, 3.05) is 52.9 Å². The first-order valence-electron chi connectivity index (χ1n) is 14.1. The molecule has 0 aliphatic heterocycles. The van der Waals surface area contributed by atoms with Gasteiger partial charge in [0.25, 0.3) is 0 Å². The molecular weight excluding hydrogens is 580 g/mol. The predicted octanol–water partition coefficient (Wildman–Crippen LogP) is 7.00. The summed E-state index contributed by atoms with van der Waals surface area (Å²) in [7, 11) is -9.90. The van der Waals surface area contributed by atoms with E-state index in [1.165, 1.54) is 4.90 Å². The van der Waals surface area contributed by atoms with Crippen LogP contribution in [-0.4, -0.2) is 83.6 Å². The van der Waals surface area contributed by atoms with Crippen LogP contribution in [0.5, 0.6) is 0 Å². The molecule has 0 fully saturated rings. The van der Waals surface area contributed by atoms with Crippen LogP contribution in [0.1, 0.15) is 74.7 Å². The van der Waals surface area contributed by atoms with Crippen molar-refractivity contribution in [1.29, 1.82) is 0 Å².